The number of halogens is 2. The minimum atomic E-state index is -3.50. The Morgan fingerprint density at radius 2 is 1.97 bits per heavy atom. The smallest absolute Gasteiger partial charge is 0.255 e. The molecule has 0 aromatic heterocycles. The van der Waals surface area contributed by atoms with Gasteiger partial charge in [0.1, 0.15) is 5.75 Å². The molecule has 3 N–H and O–H groups in total. The first-order valence-corrected chi connectivity index (χ1v) is 12.1. The van der Waals surface area contributed by atoms with Crippen LogP contribution >= 0.6 is 11.6 Å². The first-order valence-electron chi connectivity index (χ1n) is 9.79. The highest BCUT2D eigenvalue weighted by Gasteiger charge is 2.23. The van der Waals surface area contributed by atoms with Crippen molar-refractivity contribution in [2.45, 2.75) is 25.1 Å². The number of sulfonamides is 1. The first-order chi connectivity index (χ1) is 14.7. The van der Waals surface area contributed by atoms with Gasteiger partial charge >= 0.3 is 0 Å². The van der Waals surface area contributed by atoms with Gasteiger partial charge in [0.05, 0.1) is 29.6 Å². The molecule has 1 fully saturated rings. The maximum absolute atomic E-state index is 12.6. The molecule has 0 radical (unpaired) electrons. The maximum Gasteiger partial charge on any atom is 0.255 e. The number of rotatable bonds is 6. The molecule has 4 rings (SSSR count). The summed E-state index contributed by atoms with van der Waals surface area (Å²) in [4.78, 5) is 12.4. The lowest BCUT2D eigenvalue weighted by Crippen LogP contribution is -2.37. The number of carbonyl (C=O) groups excluding carboxylic acids is 1. The second kappa shape index (κ2) is 9.84. The molecule has 1 unspecified atom stereocenters. The van der Waals surface area contributed by atoms with E-state index in [-0.39, 0.29) is 34.0 Å². The van der Waals surface area contributed by atoms with E-state index in [2.05, 4.69) is 15.4 Å². The summed E-state index contributed by atoms with van der Waals surface area (Å²) in [6, 6.07) is 3.04. The predicted octanol–water partition coefficient (Wildman–Crippen LogP) is 2.96. The quantitative estimate of drug-likeness (QED) is 0.595. The molecular weight excluding hydrogens is 445 g/mol. The summed E-state index contributed by atoms with van der Waals surface area (Å²) >= 11 is 6.02. The molecule has 2 bridgehead atoms. The molecule has 0 saturated carbocycles. The van der Waals surface area contributed by atoms with Crippen LogP contribution in [0, 0.1) is 0 Å². The summed E-state index contributed by atoms with van der Waals surface area (Å²) in [7, 11) is -2.08. The molecule has 1 saturated heterocycles. The van der Waals surface area contributed by atoms with E-state index in [9.17, 15) is 17.6 Å². The molecule has 10 heteroatoms. The Bertz CT molecular complexity index is 1020. The average Bonchev–Trinajstić information content (AvgIpc) is 3.45. The number of amides is 1. The molecule has 1 amide bonds. The van der Waals surface area contributed by atoms with Gasteiger partial charge in [-0.05, 0) is 36.6 Å². The van der Waals surface area contributed by atoms with E-state index in [0.29, 0.717) is 6.54 Å². The van der Waals surface area contributed by atoms with Crippen LogP contribution in [0.5, 0.6) is 5.75 Å². The highest BCUT2D eigenvalue weighted by molar-refractivity contribution is 7.92. The van der Waals surface area contributed by atoms with Crippen LogP contribution in [0.3, 0.4) is 0 Å². The molecule has 1 aromatic rings. The molecule has 1 heterocycles. The molecule has 1 aliphatic heterocycles. The van der Waals surface area contributed by atoms with Crippen LogP contribution in [0.1, 0.15) is 23.2 Å². The van der Waals surface area contributed by atoms with Crippen molar-refractivity contribution in [3.63, 3.8) is 0 Å². The van der Waals surface area contributed by atoms with Crippen molar-refractivity contribution >= 4 is 33.2 Å². The summed E-state index contributed by atoms with van der Waals surface area (Å²) in [5.41, 5.74) is 1.97. The number of carbonyl (C=O) groups is 1. The zero-order valence-electron chi connectivity index (χ0n) is 17.2. The Morgan fingerprint density at radius 1 is 1.29 bits per heavy atom. The van der Waals surface area contributed by atoms with Gasteiger partial charge in [-0.2, -0.15) is 0 Å². The predicted molar refractivity (Wildman–Crippen MR) is 120 cm³/mol. The van der Waals surface area contributed by atoms with Crippen molar-refractivity contribution in [3.8, 4) is 5.75 Å². The highest BCUT2D eigenvalue weighted by atomic mass is 35.5. The second-order valence-electron chi connectivity index (χ2n) is 7.44. The summed E-state index contributed by atoms with van der Waals surface area (Å²) in [6.45, 7) is 1.45. The van der Waals surface area contributed by atoms with E-state index in [4.69, 9.17) is 16.3 Å². The molecule has 1 atom stereocenters. The average molecular weight is 470 g/mol. The van der Waals surface area contributed by atoms with Crippen molar-refractivity contribution in [1.82, 2.24) is 10.6 Å². The first kappa shape index (κ1) is 23.3. The number of alkyl halides is 1. The Labute approximate surface area is 186 Å². The SMILES string of the molecule is COc1cc(Cl)c(NS(C)(=O)=O)cc1C(=O)NCC1CCCN1.FC1C2=CC=C1C=C2. The molecule has 1 aromatic carbocycles. The summed E-state index contributed by atoms with van der Waals surface area (Å²) in [5, 5.41) is 6.26. The molecule has 7 nitrogen and oxygen atoms in total. The number of benzene rings is 1. The minimum absolute atomic E-state index is 0.138. The summed E-state index contributed by atoms with van der Waals surface area (Å²) < 4.78 is 42.8. The normalized spacial score (nSPS) is 19.4. The van der Waals surface area contributed by atoms with Crippen molar-refractivity contribution in [2.75, 3.05) is 31.2 Å². The number of fused-ring (bicyclic) bond motifs is 2. The maximum atomic E-state index is 12.6. The third-order valence-electron chi connectivity index (χ3n) is 5.02. The van der Waals surface area contributed by atoms with Gasteiger partial charge in [-0.25, -0.2) is 12.8 Å². The van der Waals surface area contributed by atoms with E-state index in [0.717, 1.165) is 36.8 Å². The van der Waals surface area contributed by atoms with Crippen LogP contribution in [-0.2, 0) is 10.0 Å². The zero-order valence-corrected chi connectivity index (χ0v) is 18.8. The number of anilines is 1. The number of hydrogen-bond acceptors (Lipinski definition) is 5. The van der Waals surface area contributed by atoms with E-state index in [1.165, 1.54) is 19.2 Å². The second-order valence-corrected chi connectivity index (χ2v) is 9.59. The van der Waals surface area contributed by atoms with Gasteiger partial charge in [-0.1, -0.05) is 35.9 Å². The van der Waals surface area contributed by atoms with Crippen molar-refractivity contribution < 1.29 is 22.3 Å². The van der Waals surface area contributed by atoms with Crippen LogP contribution in [0.4, 0.5) is 10.1 Å². The molecule has 168 valence electrons. The van der Waals surface area contributed by atoms with Crippen LogP contribution in [0.15, 0.2) is 47.6 Å². The fourth-order valence-corrected chi connectivity index (χ4v) is 4.27. The van der Waals surface area contributed by atoms with Gasteiger partial charge in [0.2, 0.25) is 10.0 Å². The van der Waals surface area contributed by atoms with Crippen LogP contribution < -0.4 is 20.1 Å². The summed E-state index contributed by atoms with van der Waals surface area (Å²) in [6.07, 6.45) is 9.60. The van der Waals surface area contributed by atoms with Crippen molar-refractivity contribution in [1.29, 1.82) is 0 Å². The molecule has 3 aliphatic rings. The van der Waals surface area contributed by atoms with Gasteiger partial charge < -0.3 is 15.4 Å². The summed E-state index contributed by atoms with van der Waals surface area (Å²) in [5.74, 6) is -0.0605. The monoisotopic (exact) mass is 469 g/mol. The standard InChI is InChI=1S/C14H20ClN3O4S.C7H5F/c1-22-13-7-11(15)12(18-23(2,20)21)6-10(13)14(19)17-8-9-4-3-5-16-9;8-7-5-1-2-6(7)4-3-5/h6-7,9,16,18H,3-5,8H2,1-2H3,(H,17,19);1-4,7H. The van der Waals surface area contributed by atoms with Crippen molar-refractivity contribution in [2.24, 2.45) is 0 Å². The number of ether oxygens (including phenoxy) is 1. The highest BCUT2D eigenvalue weighted by Crippen LogP contribution is 2.32. The lowest BCUT2D eigenvalue weighted by Gasteiger charge is -2.15. The van der Waals surface area contributed by atoms with E-state index in [1.54, 1.807) is 0 Å². The largest absolute Gasteiger partial charge is 0.496 e. The van der Waals surface area contributed by atoms with E-state index < -0.39 is 16.2 Å². The Hall–Kier alpha value is -2.36. The lowest BCUT2D eigenvalue weighted by atomic mass is 10.1. The van der Waals surface area contributed by atoms with Crippen LogP contribution in [0.2, 0.25) is 5.02 Å². The Balaban J connectivity index is 0.000000280. The van der Waals surface area contributed by atoms with E-state index in [1.807, 2.05) is 24.3 Å². The van der Waals surface area contributed by atoms with Gasteiger partial charge in [0.25, 0.3) is 5.91 Å². The van der Waals surface area contributed by atoms with Crippen molar-refractivity contribution in [3.05, 3.63) is 58.2 Å². The van der Waals surface area contributed by atoms with Crippen LogP contribution in [0.25, 0.3) is 0 Å². The number of hydrogen-bond donors (Lipinski definition) is 3. The molecule has 31 heavy (non-hydrogen) atoms. The lowest BCUT2D eigenvalue weighted by molar-refractivity contribution is 0.0947. The van der Waals surface area contributed by atoms with Gasteiger partial charge in [-0.3, -0.25) is 9.52 Å². The molecule has 2 aliphatic carbocycles. The topological polar surface area (TPSA) is 96.5 Å². The third-order valence-corrected chi connectivity index (χ3v) is 5.93. The number of allylic oxidation sites excluding steroid dienone is 6. The third kappa shape index (κ3) is 6.09. The van der Waals surface area contributed by atoms with Gasteiger partial charge in [0.15, 0.2) is 6.17 Å². The van der Waals surface area contributed by atoms with E-state index >= 15 is 0 Å². The minimum Gasteiger partial charge on any atom is -0.496 e. The molecular formula is C21H25ClFN3O4S. The fourth-order valence-electron chi connectivity index (χ4n) is 3.45. The van der Waals surface area contributed by atoms with Crippen LogP contribution in [-0.4, -0.2) is 53.0 Å². The van der Waals surface area contributed by atoms with Gasteiger partial charge in [0, 0.05) is 18.7 Å². The number of nitrogens with one attached hydrogen (secondary N) is 3. The number of methoxy groups -OCH3 is 1. The fraction of sp³-hybridized carbons (Fsp3) is 0.381. The Morgan fingerprint density at radius 3 is 2.42 bits per heavy atom. The molecule has 0 spiro atoms. The zero-order chi connectivity index (χ0) is 22.6. The van der Waals surface area contributed by atoms with Gasteiger partial charge in [-0.15, -0.1) is 0 Å². The Kier molecular flexibility index (Phi) is 7.40.